The van der Waals surface area contributed by atoms with Gasteiger partial charge in [-0.05, 0) is 28.9 Å². The molecule has 10 heteroatoms. The minimum absolute atomic E-state index is 0.197. The molecule has 7 nitrogen and oxygen atoms in total. The third-order valence-electron chi connectivity index (χ3n) is 6.73. The van der Waals surface area contributed by atoms with Crippen LogP contribution in [0.25, 0.3) is 5.57 Å². The van der Waals surface area contributed by atoms with Gasteiger partial charge in [-0.15, -0.1) is 33.3 Å². The van der Waals surface area contributed by atoms with Crippen molar-refractivity contribution in [2.75, 3.05) is 5.75 Å². The van der Waals surface area contributed by atoms with Gasteiger partial charge in [-0.3, -0.25) is 14.5 Å². The van der Waals surface area contributed by atoms with Gasteiger partial charge in [-0.25, -0.2) is 0 Å². The van der Waals surface area contributed by atoms with E-state index in [1.165, 1.54) is 11.3 Å². The van der Waals surface area contributed by atoms with Crippen LogP contribution < -0.4 is 5.32 Å². The van der Waals surface area contributed by atoms with Gasteiger partial charge >= 0.3 is 0 Å². The lowest BCUT2D eigenvalue weighted by Crippen LogP contribution is -2.70. The number of thiocarbonyl (C=S) groups is 1. The monoisotopic (exact) mass is 584 g/mol. The Hall–Kier alpha value is -3.86. The van der Waals surface area contributed by atoms with Crippen LogP contribution in [0.15, 0.2) is 102 Å². The van der Waals surface area contributed by atoms with E-state index in [2.05, 4.69) is 15.5 Å². The Labute approximate surface area is 245 Å². The van der Waals surface area contributed by atoms with Gasteiger partial charge in [-0.2, -0.15) is 0 Å². The molecule has 0 saturated carbocycles. The highest BCUT2D eigenvalue weighted by molar-refractivity contribution is 8.00. The van der Waals surface area contributed by atoms with Crippen molar-refractivity contribution in [3.05, 3.63) is 124 Å². The van der Waals surface area contributed by atoms with Crippen LogP contribution >= 0.6 is 35.3 Å². The first kappa shape index (κ1) is 26.4. The average Bonchev–Trinajstić information content (AvgIpc) is 3.54. The molecule has 4 aromatic rings. The Kier molecular flexibility index (Phi) is 7.72. The molecule has 6 rings (SSSR count). The van der Waals surface area contributed by atoms with Crippen LogP contribution in [-0.4, -0.2) is 49.1 Å². The van der Waals surface area contributed by atoms with E-state index < -0.39 is 12.1 Å². The second-order valence-electron chi connectivity index (χ2n) is 9.30. The number of thioether (sulfide) groups is 1. The molecule has 0 spiro atoms. The maximum Gasteiger partial charge on any atom is 0.253 e. The molecule has 3 aromatic carbocycles. The molecule has 1 fully saturated rings. The van der Waals surface area contributed by atoms with Crippen LogP contribution in [0.3, 0.4) is 0 Å². The molecule has 0 aliphatic carbocycles. The molecular formula is C30H24N4O3S3. The highest BCUT2D eigenvalue weighted by Crippen LogP contribution is 2.45. The van der Waals surface area contributed by atoms with Crippen molar-refractivity contribution in [3.8, 4) is 0 Å². The van der Waals surface area contributed by atoms with Gasteiger partial charge in [0.15, 0.2) is 0 Å². The minimum atomic E-state index is -0.644. The van der Waals surface area contributed by atoms with E-state index in [0.717, 1.165) is 22.3 Å². The largest absolute Gasteiger partial charge is 0.469 e. The lowest BCUT2D eigenvalue weighted by Gasteiger charge is -2.50. The van der Waals surface area contributed by atoms with Gasteiger partial charge in [0.25, 0.3) is 5.91 Å². The summed E-state index contributed by atoms with van der Waals surface area (Å²) >= 11 is 8.87. The first-order valence-corrected chi connectivity index (χ1v) is 15.0. The van der Waals surface area contributed by atoms with Gasteiger partial charge in [-0.1, -0.05) is 91.0 Å². The smallest absolute Gasteiger partial charge is 0.253 e. The van der Waals surface area contributed by atoms with Gasteiger partial charge in [0.2, 0.25) is 11.0 Å². The molecule has 0 radical (unpaired) electrons. The van der Waals surface area contributed by atoms with Gasteiger partial charge in [0, 0.05) is 11.3 Å². The number of hydrogen-bond acceptors (Lipinski definition) is 8. The number of aromatic nitrogens is 2. The number of carbonyl (C=O) groups excluding carboxylic acids is 2. The van der Waals surface area contributed by atoms with E-state index in [9.17, 15) is 9.59 Å². The fourth-order valence-corrected chi connectivity index (χ4v) is 7.18. The molecule has 2 atom stereocenters. The summed E-state index contributed by atoms with van der Waals surface area (Å²) in [7, 11) is 0. The lowest BCUT2D eigenvalue weighted by atomic mass is 10.0. The number of hydrogen-bond donors (Lipinski definition) is 1. The van der Waals surface area contributed by atoms with Crippen LogP contribution in [-0.2, 0) is 20.7 Å². The van der Waals surface area contributed by atoms with Crippen molar-refractivity contribution < 1.29 is 14.3 Å². The highest BCUT2D eigenvalue weighted by Gasteiger charge is 2.54. The predicted octanol–water partition coefficient (Wildman–Crippen LogP) is 5.03. The number of nitrogens with one attached hydrogen (secondary N) is 1. The maximum atomic E-state index is 13.6. The molecule has 1 aromatic heterocycles. The lowest BCUT2D eigenvalue weighted by molar-refractivity contribution is -0.145. The zero-order valence-corrected chi connectivity index (χ0v) is 23.6. The summed E-state index contributed by atoms with van der Waals surface area (Å²) in [6, 6.07) is 28.5. The fourth-order valence-electron chi connectivity index (χ4n) is 4.83. The molecule has 2 aliphatic rings. The molecular weight excluding hydrogens is 561 g/mol. The SMILES string of the molecule is O=C(Cc1ccccc1)N[C@@H]1C(=O)N2C(C(=S)OC(c3ccccc3)c3ccccc3)=C(c3nncs3)CS[C@H]12. The summed E-state index contributed by atoms with van der Waals surface area (Å²) < 4.78 is 6.53. The summed E-state index contributed by atoms with van der Waals surface area (Å²) in [6.07, 6.45) is -0.262. The Balaban J connectivity index is 1.28. The first-order chi connectivity index (χ1) is 19.6. The molecule has 3 heterocycles. The summed E-state index contributed by atoms with van der Waals surface area (Å²) in [5, 5.41) is 11.8. The van der Waals surface area contributed by atoms with E-state index in [1.54, 1.807) is 22.2 Å². The number of rotatable bonds is 8. The zero-order chi connectivity index (χ0) is 27.5. The van der Waals surface area contributed by atoms with Gasteiger partial charge in [0.05, 0.1) is 6.42 Å². The Morgan fingerprint density at radius 1 is 1.00 bits per heavy atom. The molecule has 1 saturated heterocycles. The molecule has 0 unspecified atom stereocenters. The standard InChI is InChI=1S/C30H24N4O3S3/c35-23(16-19-10-4-1-5-11-19)32-24-28(36)34-25(22(17-39-29(24)34)27-33-31-18-40-27)30(38)37-26(20-12-6-2-7-13-20)21-14-8-3-9-15-21/h1-15,18,24,26,29H,16-17H2,(H,32,35)/t24-,29-/m1/s1. The fraction of sp³-hybridized carbons (Fsp3) is 0.167. The number of nitrogens with zero attached hydrogens (tertiary/aromatic N) is 3. The summed E-state index contributed by atoms with van der Waals surface area (Å²) in [5.41, 5.74) is 5.75. The highest BCUT2D eigenvalue weighted by atomic mass is 32.2. The number of fused-ring (bicyclic) bond motifs is 1. The third kappa shape index (κ3) is 5.30. The number of ether oxygens (including phenoxy) is 1. The van der Waals surface area contributed by atoms with Crippen LogP contribution in [0.5, 0.6) is 0 Å². The van der Waals surface area contributed by atoms with Gasteiger partial charge < -0.3 is 10.1 Å². The van der Waals surface area contributed by atoms with Crippen LogP contribution in [0.1, 0.15) is 27.8 Å². The molecule has 200 valence electrons. The molecule has 1 N–H and O–H groups in total. The quantitative estimate of drug-likeness (QED) is 0.230. The molecule has 2 amide bonds. The van der Waals surface area contributed by atoms with Crippen molar-refractivity contribution in [1.29, 1.82) is 0 Å². The first-order valence-electron chi connectivity index (χ1n) is 12.7. The second-order valence-corrected chi connectivity index (χ2v) is 11.6. The van der Waals surface area contributed by atoms with Crippen LogP contribution in [0.2, 0.25) is 0 Å². The van der Waals surface area contributed by atoms with E-state index in [1.807, 2.05) is 91.0 Å². The summed E-state index contributed by atoms with van der Waals surface area (Å²) in [5.74, 6) is 0.129. The molecule has 0 bridgehead atoms. The Morgan fingerprint density at radius 3 is 2.23 bits per heavy atom. The van der Waals surface area contributed by atoms with Crippen molar-refractivity contribution in [3.63, 3.8) is 0 Å². The zero-order valence-electron chi connectivity index (χ0n) is 21.2. The maximum absolute atomic E-state index is 13.6. The van der Waals surface area contributed by atoms with Crippen LogP contribution in [0, 0.1) is 0 Å². The van der Waals surface area contributed by atoms with Crippen molar-refractivity contribution >= 4 is 57.8 Å². The van der Waals surface area contributed by atoms with E-state index >= 15 is 0 Å². The third-order valence-corrected chi connectivity index (χ3v) is 9.05. The van der Waals surface area contributed by atoms with E-state index in [-0.39, 0.29) is 28.7 Å². The molecule has 40 heavy (non-hydrogen) atoms. The minimum Gasteiger partial charge on any atom is -0.469 e. The number of benzene rings is 3. The van der Waals surface area contributed by atoms with Gasteiger partial charge in [0.1, 0.15) is 33.7 Å². The van der Waals surface area contributed by atoms with E-state index in [0.29, 0.717) is 16.5 Å². The predicted molar refractivity (Wildman–Crippen MR) is 160 cm³/mol. The van der Waals surface area contributed by atoms with Crippen molar-refractivity contribution in [2.45, 2.75) is 23.9 Å². The summed E-state index contributed by atoms with van der Waals surface area (Å²) in [4.78, 5) is 28.0. The average molecular weight is 585 g/mol. The summed E-state index contributed by atoms with van der Waals surface area (Å²) in [6.45, 7) is 0. The number of carbonyl (C=O) groups is 2. The van der Waals surface area contributed by atoms with E-state index in [4.69, 9.17) is 17.0 Å². The van der Waals surface area contributed by atoms with Crippen molar-refractivity contribution in [1.82, 2.24) is 20.4 Å². The second kappa shape index (κ2) is 11.7. The Bertz CT molecular complexity index is 1510. The topological polar surface area (TPSA) is 84.4 Å². The Morgan fingerprint density at radius 2 is 1.62 bits per heavy atom. The number of amides is 2. The van der Waals surface area contributed by atoms with Crippen LogP contribution in [0.4, 0.5) is 0 Å². The molecule has 2 aliphatic heterocycles. The number of β-lactam (4-membered cyclic amide) rings is 1. The normalized spacial score (nSPS) is 18.2. The van der Waals surface area contributed by atoms with Crippen molar-refractivity contribution in [2.24, 2.45) is 0 Å².